The van der Waals surface area contributed by atoms with Crippen molar-refractivity contribution in [1.82, 2.24) is 14.8 Å². The van der Waals surface area contributed by atoms with Crippen molar-refractivity contribution in [1.29, 1.82) is 0 Å². The molecule has 1 N–H and O–H groups in total. The number of nitrogens with one attached hydrogen (secondary N) is 1. The van der Waals surface area contributed by atoms with Gasteiger partial charge in [0.1, 0.15) is 12.6 Å². The number of benzene rings is 2. The van der Waals surface area contributed by atoms with E-state index >= 15 is 0 Å². The predicted octanol–water partition coefficient (Wildman–Crippen LogP) is 4.30. The number of hydrogen-bond acceptors (Lipinski definition) is 2. The van der Waals surface area contributed by atoms with Crippen molar-refractivity contribution >= 4 is 34.3 Å². The lowest BCUT2D eigenvalue weighted by atomic mass is 9.86. The van der Waals surface area contributed by atoms with Crippen LogP contribution in [0.1, 0.15) is 43.1 Å². The third-order valence-electron chi connectivity index (χ3n) is 6.60. The van der Waals surface area contributed by atoms with E-state index in [9.17, 15) is 9.59 Å². The van der Waals surface area contributed by atoms with Crippen molar-refractivity contribution in [2.75, 3.05) is 6.54 Å². The van der Waals surface area contributed by atoms with Crippen LogP contribution in [0.15, 0.2) is 48.5 Å². The predicted molar refractivity (Wildman–Crippen MR) is 117 cm³/mol. The number of halogens is 1. The Morgan fingerprint density at radius 1 is 1.13 bits per heavy atom. The van der Waals surface area contributed by atoms with Gasteiger partial charge in [-0.3, -0.25) is 9.59 Å². The summed E-state index contributed by atoms with van der Waals surface area (Å²) in [7, 11) is 0. The van der Waals surface area contributed by atoms with Gasteiger partial charge in [0.2, 0.25) is 11.8 Å². The summed E-state index contributed by atoms with van der Waals surface area (Å²) in [6.07, 6.45) is 1.35. The Balaban J connectivity index is 1.70. The van der Waals surface area contributed by atoms with E-state index in [0.29, 0.717) is 11.4 Å². The Bertz CT molecular complexity index is 1140. The maximum atomic E-state index is 13.5. The maximum absolute atomic E-state index is 13.5. The first-order chi connectivity index (χ1) is 14.5. The summed E-state index contributed by atoms with van der Waals surface area (Å²) in [5.41, 5.74) is 4.10. The fraction of sp³-hybridized carbons (Fsp3) is 0.333. The van der Waals surface area contributed by atoms with Crippen LogP contribution in [0.4, 0.5) is 0 Å². The van der Waals surface area contributed by atoms with E-state index in [-0.39, 0.29) is 30.4 Å². The zero-order valence-corrected chi connectivity index (χ0v) is 17.8. The molecule has 0 unspecified atom stereocenters. The molecule has 5 nitrogen and oxygen atoms in total. The smallest absolute Gasteiger partial charge is 0.246 e. The highest BCUT2D eigenvalue weighted by Crippen LogP contribution is 2.42. The molecule has 0 radical (unpaired) electrons. The number of H-pyrrole nitrogens is 1. The molecule has 3 atom stereocenters. The number of nitrogens with zero attached hydrogens (tertiary/aromatic N) is 2. The minimum absolute atomic E-state index is 0.0100. The van der Waals surface area contributed by atoms with Crippen LogP contribution in [0.25, 0.3) is 10.9 Å². The number of amides is 2. The summed E-state index contributed by atoms with van der Waals surface area (Å²) < 4.78 is 0. The second-order valence-corrected chi connectivity index (χ2v) is 8.70. The van der Waals surface area contributed by atoms with Crippen LogP contribution in [-0.4, -0.2) is 45.2 Å². The van der Waals surface area contributed by atoms with E-state index < -0.39 is 6.04 Å². The van der Waals surface area contributed by atoms with Crippen LogP contribution in [0.5, 0.6) is 0 Å². The number of para-hydroxylation sites is 1. The van der Waals surface area contributed by atoms with E-state index in [1.807, 2.05) is 56.3 Å². The lowest BCUT2D eigenvalue weighted by Gasteiger charge is -2.48. The molecular weight excluding hydrogens is 398 g/mol. The van der Waals surface area contributed by atoms with Crippen LogP contribution in [0.2, 0.25) is 5.02 Å². The average Bonchev–Trinajstić information content (AvgIpc) is 3.13. The third kappa shape index (κ3) is 2.83. The molecule has 2 aliphatic rings. The van der Waals surface area contributed by atoms with Crippen molar-refractivity contribution in [2.24, 2.45) is 0 Å². The van der Waals surface area contributed by atoms with Crippen molar-refractivity contribution in [3.63, 3.8) is 0 Å². The zero-order valence-electron chi connectivity index (χ0n) is 17.1. The van der Waals surface area contributed by atoms with Crippen LogP contribution >= 0.6 is 11.6 Å². The Morgan fingerprint density at radius 2 is 1.87 bits per heavy atom. The van der Waals surface area contributed by atoms with Crippen molar-refractivity contribution in [2.45, 2.75) is 44.8 Å². The number of piperazine rings is 1. The van der Waals surface area contributed by atoms with E-state index in [1.165, 1.54) is 0 Å². The summed E-state index contributed by atoms with van der Waals surface area (Å²) in [4.78, 5) is 34.0. The minimum Gasteiger partial charge on any atom is -0.356 e. The largest absolute Gasteiger partial charge is 0.356 e. The van der Waals surface area contributed by atoms with Gasteiger partial charge in [0, 0.05) is 34.1 Å². The van der Waals surface area contributed by atoms with Gasteiger partial charge >= 0.3 is 0 Å². The number of aromatic amines is 1. The summed E-state index contributed by atoms with van der Waals surface area (Å²) in [6.45, 7) is 4.19. The molecule has 1 fully saturated rings. The Morgan fingerprint density at radius 3 is 2.60 bits per heavy atom. The molecule has 0 bridgehead atoms. The molecule has 2 amide bonds. The highest BCUT2D eigenvalue weighted by Gasteiger charge is 2.48. The molecule has 1 aromatic heterocycles. The molecule has 30 heavy (non-hydrogen) atoms. The van der Waals surface area contributed by atoms with Gasteiger partial charge in [0.25, 0.3) is 0 Å². The molecule has 3 heterocycles. The molecule has 0 aliphatic carbocycles. The topological polar surface area (TPSA) is 56.4 Å². The van der Waals surface area contributed by atoms with E-state index in [0.717, 1.165) is 34.1 Å². The fourth-order valence-electron chi connectivity index (χ4n) is 4.87. The summed E-state index contributed by atoms with van der Waals surface area (Å²) >= 11 is 6.13. The Hall–Kier alpha value is -2.79. The number of aromatic nitrogens is 1. The molecular formula is C24H24ClN3O2. The van der Waals surface area contributed by atoms with Crippen molar-refractivity contribution in [3.05, 3.63) is 70.4 Å². The normalized spacial score (nSPS) is 22.2. The van der Waals surface area contributed by atoms with Gasteiger partial charge in [0.05, 0.1) is 6.04 Å². The number of fused-ring (bicyclic) bond motifs is 4. The number of carbonyl (C=O) groups excluding carboxylic acids is 2. The van der Waals surface area contributed by atoms with Gasteiger partial charge in [-0.05, 0) is 42.7 Å². The van der Waals surface area contributed by atoms with Crippen LogP contribution in [-0.2, 0) is 16.0 Å². The van der Waals surface area contributed by atoms with Crippen molar-refractivity contribution in [3.8, 4) is 0 Å². The quantitative estimate of drug-likeness (QED) is 0.685. The highest BCUT2D eigenvalue weighted by atomic mass is 35.5. The second-order valence-electron chi connectivity index (χ2n) is 8.26. The van der Waals surface area contributed by atoms with Gasteiger partial charge < -0.3 is 14.8 Å². The molecule has 0 spiro atoms. The average molecular weight is 422 g/mol. The monoisotopic (exact) mass is 421 g/mol. The van der Waals surface area contributed by atoms with Gasteiger partial charge in [-0.2, -0.15) is 0 Å². The Labute approximate surface area is 180 Å². The van der Waals surface area contributed by atoms with Gasteiger partial charge in [-0.15, -0.1) is 0 Å². The standard InChI is InChI=1S/C24H24ClN3O2/c1-3-14(2)27-13-21(29)28-20(24(27)30)12-18-17-6-4-5-7-19(17)26-22(18)23(28)15-8-10-16(25)11-9-15/h4-11,14,20,23,26H,3,12-13H2,1-2H3/t14-,20-,23+/m1/s1. The lowest BCUT2D eigenvalue weighted by molar-refractivity contribution is -0.160. The van der Waals surface area contributed by atoms with Crippen LogP contribution in [0.3, 0.4) is 0 Å². The SMILES string of the molecule is CC[C@@H](C)N1CC(=O)N2[C@@H](c3ccc(Cl)cc3)c3[nH]c4ccccc4c3C[C@@H]2C1=O. The maximum Gasteiger partial charge on any atom is 0.246 e. The van der Waals surface area contributed by atoms with Crippen LogP contribution < -0.4 is 0 Å². The molecule has 5 rings (SSSR count). The molecule has 154 valence electrons. The first-order valence-electron chi connectivity index (χ1n) is 10.5. The first kappa shape index (κ1) is 19.2. The summed E-state index contributed by atoms with van der Waals surface area (Å²) in [5, 5.41) is 1.76. The van der Waals surface area contributed by atoms with Crippen LogP contribution in [0, 0.1) is 0 Å². The summed E-state index contributed by atoms with van der Waals surface area (Å²) in [6, 6.07) is 14.9. The second kappa shape index (κ2) is 7.17. The fourth-order valence-corrected chi connectivity index (χ4v) is 5.00. The number of carbonyl (C=O) groups is 2. The molecule has 3 aromatic rings. The molecule has 2 aromatic carbocycles. The van der Waals surface area contributed by atoms with Crippen molar-refractivity contribution < 1.29 is 9.59 Å². The molecule has 6 heteroatoms. The zero-order chi connectivity index (χ0) is 21.0. The van der Waals surface area contributed by atoms with E-state index in [1.54, 1.807) is 9.80 Å². The molecule has 2 aliphatic heterocycles. The Kier molecular flexibility index (Phi) is 4.58. The third-order valence-corrected chi connectivity index (χ3v) is 6.85. The lowest BCUT2D eigenvalue weighted by Crippen LogP contribution is -2.64. The van der Waals surface area contributed by atoms with E-state index in [4.69, 9.17) is 11.6 Å². The highest BCUT2D eigenvalue weighted by molar-refractivity contribution is 6.30. The van der Waals surface area contributed by atoms with Gasteiger partial charge in [0.15, 0.2) is 0 Å². The van der Waals surface area contributed by atoms with Gasteiger partial charge in [-0.1, -0.05) is 48.9 Å². The number of rotatable bonds is 3. The summed E-state index contributed by atoms with van der Waals surface area (Å²) in [5.74, 6) is 0.0306. The number of hydrogen-bond donors (Lipinski definition) is 1. The first-order valence-corrected chi connectivity index (χ1v) is 10.8. The molecule has 1 saturated heterocycles. The van der Waals surface area contributed by atoms with Gasteiger partial charge in [-0.25, -0.2) is 0 Å². The molecule has 0 saturated carbocycles. The minimum atomic E-state index is -0.493. The van der Waals surface area contributed by atoms with E-state index in [2.05, 4.69) is 11.1 Å².